The second kappa shape index (κ2) is 3.36. The zero-order chi connectivity index (χ0) is 10.9. The first-order valence-electron chi connectivity index (χ1n) is 4.53. The van der Waals surface area contributed by atoms with E-state index in [4.69, 9.17) is 5.73 Å². The largest absolute Gasteiger partial charge is 0.369 e. The number of allylic oxidation sites excluding steroid dienone is 1. The standard InChI is InChI=1S/C10H14N2O2/c1-4-10(9(11)14)6(2)8(5-13)12-7(10)3/h5H,4H2,1-3H3,(H2,11,14). The Hall–Kier alpha value is -1.45. The Balaban J connectivity index is 3.36. The van der Waals surface area contributed by atoms with E-state index in [1.807, 2.05) is 6.92 Å². The van der Waals surface area contributed by atoms with Crippen LogP contribution in [0.4, 0.5) is 0 Å². The van der Waals surface area contributed by atoms with Crippen LogP contribution in [0.15, 0.2) is 16.3 Å². The highest BCUT2D eigenvalue weighted by Crippen LogP contribution is 2.39. The van der Waals surface area contributed by atoms with Crippen molar-refractivity contribution in [2.24, 2.45) is 16.1 Å². The van der Waals surface area contributed by atoms with E-state index < -0.39 is 11.3 Å². The van der Waals surface area contributed by atoms with Gasteiger partial charge >= 0.3 is 0 Å². The average Bonchev–Trinajstić information content (AvgIpc) is 2.39. The number of hydrogen-bond acceptors (Lipinski definition) is 3. The molecule has 1 heterocycles. The van der Waals surface area contributed by atoms with Crippen LogP contribution in [0.3, 0.4) is 0 Å². The summed E-state index contributed by atoms with van der Waals surface area (Å²) in [5.41, 5.74) is 6.15. The van der Waals surface area contributed by atoms with Crippen LogP contribution >= 0.6 is 0 Å². The fourth-order valence-electron chi connectivity index (χ4n) is 2.02. The number of aldehydes is 1. The third-order valence-corrected chi connectivity index (χ3v) is 2.99. The maximum Gasteiger partial charge on any atom is 0.233 e. The maximum absolute atomic E-state index is 11.4. The van der Waals surface area contributed by atoms with Crippen molar-refractivity contribution in [1.29, 1.82) is 0 Å². The van der Waals surface area contributed by atoms with E-state index in [2.05, 4.69) is 4.99 Å². The fraction of sp³-hybridized carbons (Fsp3) is 0.500. The predicted molar refractivity (Wildman–Crippen MR) is 53.8 cm³/mol. The normalized spacial score (nSPS) is 26.4. The summed E-state index contributed by atoms with van der Waals surface area (Å²) < 4.78 is 0. The number of carbonyl (C=O) groups excluding carboxylic acids is 2. The molecule has 4 heteroatoms. The molecule has 0 bridgehead atoms. The Kier molecular flexibility index (Phi) is 2.55. The fourth-order valence-corrected chi connectivity index (χ4v) is 2.02. The van der Waals surface area contributed by atoms with E-state index in [1.54, 1.807) is 13.8 Å². The second-order valence-electron chi connectivity index (χ2n) is 3.45. The summed E-state index contributed by atoms with van der Waals surface area (Å²) in [6.07, 6.45) is 1.21. The predicted octanol–water partition coefficient (Wildman–Crippen LogP) is 0.815. The van der Waals surface area contributed by atoms with Gasteiger partial charge in [-0.3, -0.25) is 14.6 Å². The molecule has 0 aromatic heterocycles. The van der Waals surface area contributed by atoms with E-state index in [0.29, 0.717) is 29.7 Å². The smallest absolute Gasteiger partial charge is 0.233 e. The number of nitrogens with zero attached hydrogens (tertiary/aromatic N) is 1. The van der Waals surface area contributed by atoms with E-state index in [-0.39, 0.29) is 0 Å². The van der Waals surface area contributed by atoms with Crippen LogP contribution < -0.4 is 5.73 Å². The molecule has 0 aromatic carbocycles. The molecule has 0 aliphatic carbocycles. The minimum Gasteiger partial charge on any atom is -0.369 e. The molecule has 0 saturated heterocycles. The lowest BCUT2D eigenvalue weighted by Gasteiger charge is -2.26. The van der Waals surface area contributed by atoms with E-state index in [1.165, 1.54) is 0 Å². The number of aliphatic imine (C=N–C) groups is 1. The van der Waals surface area contributed by atoms with Gasteiger partial charge in [0.2, 0.25) is 5.91 Å². The lowest BCUT2D eigenvalue weighted by Crippen LogP contribution is -2.41. The van der Waals surface area contributed by atoms with Gasteiger partial charge < -0.3 is 5.73 Å². The molecular formula is C10H14N2O2. The van der Waals surface area contributed by atoms with Gasteiger partial charge in [-0.2, -0.15) is 0 Å². The maximum atomic E-state index is 11.4. The third-order valence-electron chi connectivity index (χ3n) is 2.99. The minimum absolute atomic E-state index is 0.336. The van der Waals surface area contributed by atoms with Crippen molar-refractivity contribution in [2.45, 2.75) is 27.2 Å². The monoisotopic (exact) mass is 194 g/mol. The minimum atomic E-state index is -0.837. The van der Waals surface area contributed by atoms with Gasteiger partial charge in [-0.15, -0.1) is 0 Å². The molecule has 0 fully saturated rings. The summed E-state index contributed by atoms with van der Waals surface area (Å²) in [7, 11) is 0. The van der Waals surface area contributed by atoms with Gasteiger partial charge in [-0.05, 0) is 25.8 Å². The summed E-state index contributed by atoms with van der Waals surface area (Å²) in [5.74, 6) is -0.435. The quantitative estimate of drug-likeness (QED) is 0.675. The van der Waals surface area contributed by atoms with Gasteiger partial charge in [0.15, 0.2) is 6.29 Å². The highest BCUT2D eigenvalue weighted by Gasteiger charge is 2.44. The molecule has 0 radical (unpaired) electrons. The molecule has 0 aromatic rings. The number of hydrogen-bond donors (Lipinski definition) is 1. The molecule has 1 aliphatic heterocycles. The highest BCUT2D eigenvalue weighted by molar-refractivity contribution is 6.14. The number of rotatable bonds is 3. The molecule has 1 amide bonds. The summed E-state index contributed by atoms with van der Waals surface area (Å²) in [6, 6.07) is 0. The molecule has 0 spiro atoms. The van der Waals surface area contributed by atoms with Crippen LogP contribution in [0.2, 0.25) is 0 Å². The summed E-state index contributed by atoms with van der Waals surface area (Å²) in [5, 5.41) is 0. The zero-order valence-corrected chi connectivity index (χ0v) is 8.63. The second-order valence-corrected chi connectivity index (χ2v) is 3.45. The third kappa shape index (κ3) is 1.10. The molecule has 1 rings (SSSR count). The molecule has 2 N–H and O–H groups in total. The molecule has 14 heavy (non-hydrogen) atoms. The van der Waals surface area contributed by atoms with Crippen molar-refractivity contribution >= 4 is 17.9 Å². The van der Waals surface area contributed by atoms with Crippen LogP contribution in [0.1, 0.15) is 27.2 Å². The van der Waals surface area contributed by atoms with Crippen LogP contribution in [-0.4, -0.2) is 17.9 Å². The van der Waals surface area contributed by atoms with Gasteiger partial charge in [0.05, 0.1) is 0 Å². The molecule has 1 atom stereocenters. The lowest BCUT2D eigenvalue weighted by molar-refractivity contribution is -0.122. The molecule has 76 valence electrons. The zero-order valence-electron chi connectivity index (χ0n) is 8.63. The molecule has 1 aliphatic rings. The first kappa shape index (κ1) is 10.6. The van der Waals surface area contributed by atoms with Gasteiger partial charge in [-0.1, -0.05) is 6.92 Å². The summed E-state index contributed by atoms with van der Waals surface area (Å²) >= 11 is 0. The van der Waals surface area contributed by atoms with Gasteiger partial charge in [0.25, 0.3) is 0 Å². The average molecular weight is 194 g/mol. The van der Waals surface area contributed by atoms with Crippen LogP contribution in [0.25, 0.3) is 0 Å². The topological polar surface area (TPSA) is 72.5 Å². The highest BCUT2D eigenvalue weighted by atomic mass is 16.1. The van der Waals surface area contributed by atoms with E-state index in [9.17, 15) is 9.59 Å². The Bertz CT molecular complexity index is 355. The van der Waals surface area contributed by atoms with Crippen molar-refractivity contribution in [3.05, 3.63) is 11.3 Å². The summed E-state index contributed by atoms with van der Waals surface area (Å²) in [4.78, 5) is 26.2. The van der Waals surface area contributed by atoms with Crippen LogP contribution in [0, 0.1) is 5.41 Å². The Morgan fingerprint density at radius 2 is 2.14 bits per heavy atom. The molecule has 4 nitrogen and oxygen atoms in total. The van der Waals surface area contributed by atoms with E-state index in [0.717, 1.165) is 0 Å². The van der Waals surface area contributed by atoms with Crippen LogP contribution in [0.5, 0.6) is 0 Å². The molecule has 1 unspecified atom stereocenters. The SMILES string of the molecule is CCC1(C(N)=O)C(C)=NC(C=O)=C1C. The van der Waals surface area contributed by atoms with Gasteiger partial charge in [-0.25, -0.2) is 0 Å². The van der Waals surface area contributed by atoms with Crippen molar-refractivity contribution in [2.75, 3.05) is 0 Å². The number of primary amides is 1. The van der Waals surface area contributed by atoms with Crippen molar-refractivity contribution < 1.29 is 9.59 Å². The number of amides is 1. The van der Waals surface area contributed by atoms with Crippen LogP contribution in [-0.2, 0) is 9.59 Å². The first-order chi connectivity index (χ1) is 6.50. The Morgan fingerprint density at radius 1 is 1.57 bits per heavy atom. The van der Waals surface area contributed by atoms with Gasteiger partial charge in [0, 0.05) is 5.71 Å². The Morgan fingerprint density at radius 3 is 2.36 bits per heavy atom. The summed E-state index contributed by atoms with van der Waals surface area (Å²) in [6.45, 7) is 5.33. The van der Waals surface area contributed by atoms with Crippen molar-refractivity contribution in [3.63, 3.8) is 0 Å². The molecule has 0 saturated carbocycles. The molecular weight excluding hydrogens is 180 g/mol. The number of nitrogens with two attached hydrogens (primary N) is 1. The van der Waals surface area contributed by atoms with Crippen molar-refractivity contribution in [3.8, 4) is 0 Å². The van der Waals surface area contributed by atoms with Gasteiger partial charge in [0.1, 0.15) is 11.1 Å². The lowest BCUT2D eigenvalue weighted by atomic mass is 9.75. The van der Waals surface area contributed by atoms with E-state index >= 15 is 0 Å². The number of carbonyl (C=O) groups is 2. The van der Waals surface area contributed by atoms with Crippen molar-refractivity contribution in [1.82, 2.24) is 0 Å². The Labute approximate surface area is 82.9 Å². The first-order valence-corrected chi connectivity index (χ1v) is 4.53.